The third-order valence-electron chi connectivity index (χ3n) is 3.16. The van der Waals surface area contributed by atoms with E-state index in [2.05, 4.69) is 5.43 Å². The topological polar surface area (TPSA) is 115 Å². The maximum absolute atomic E-state index is 11.0. The van der Waals surface area contributed by atoms with Crippen molar-refractivity contribution < 1.29 is 9.53 Å². The van der Waals surface area contributed by atoms with Gasteiger partial charge in [0.15, 0.2) is 5.70 Å². The SMILES string of the molecule is COC1CCC(NN(C=O)/C(C#N)=C(\N)C#N)CC1. The lowest BCUT2D eigenvalue weighted by molar-refractivity contribution is -0.119. The lowest BCUT2D eigenvalue weighted by atomic mass is 9.93. The number of carbonyl (C=O) groups is 1. The van der Waals surface area contributed by atoms with Crippen LogP contribution in [0.2, 0.25) is 0 Å². The normalized spacial score (nSPS) is 23.7. The molecule has 0 bridgehead atoms. The van der Waals surface area contributed by atoms with Gasteiger partial charge in [0, 0.05) is 13.2 Å². The van der Waals surface area contributed by atoms with Gasteiger partial charge in [-0.15, -0.1) is 0 Å². The second-order valence-electron chi connectivity index (χ2n) is 4.30. The number of methoxy groups -OCH3 is 1. The summed E-state index contributed by atoms with van der Waals surface area (Å²) in [6.45, 7) is 0. The molecule has 3 N–H and O–H groups in total. The molecule has 0 aromatic heterocycles. The van der Waals surface area contributed by atoms with Crippen molar-refractivity contribution in [2.45, 2.75) is 37.8 Å². The Bertz CT molecular complexity index is 426. The first-order chi connectivity index (χ1) is 9.15. The van der Waals surface area contributed by atoms with Gasteiger partial charge in [0.25, 0.3) is 0 Å². The highest BCUT2D eigenvalue weighted by molar-refractivity contribution is 5.54. The second-order valence-corrected chi connectivity index (χ2v) is 4.30. The quantitative estimate of drug-likeness (QED) is 0.413. The van der Waals surface area contributed by atoms with E-state index in [1.165, 1.54) is 0 Å². The van der Waals surface area contributed by atoms with Crippen LogP contribution in [0.25, 0.3) is 0 Å². The van der Waals surface area contributed by atoms with Crippen LogP contribution < -0.4 is 11.2 Å². The fourth-order valence-electron chi connectivity index (χ4n) is 2.07. The van der Waals surface area contributed by atoms with E-state index in [1.807, 2.05) is 0 Å². The van der Waals surface area contributed by atoms with Crippen molar-refractivity contribution in [2.75, 3.05) is 7.11 Å². The summed E-state index contributed by atoms with van der Waals surface area (Å²) in [4.78, 5) is 11.0. The Morgan fingerprint density at radius 3 is 2.42 bits per heavy atom. The van der Waals surface area contributed by atoms with Crippen LogP contribution >= 0.6 is 0 Å². The van der Waals surface area contributed by atoms with E-state index in [9.17, 15) is 4.79 Å². The molecule has 0 atom stereocenters. The number of hydrogen-bond acceptors (Lipinski definition) is 6. The maximum Gasteiger partial charge on any atom is 0.229 e. The number of nitrogens with zero attached hydrogens (tertiary/aromatic N) is 3. The molecule has 1 rings (SSSR count). The summed E-state index contributed by atoms with van der Waals surface area (Å²) in [5.74, 6) is 0. The Labute approximate surface area is 112 Å². The Morgan fingerprint density at radius 1 is 1.37 bits per heavy atom. The Morgan fingerprint density at radius 2 is 2.00 bits per heavy atom. The van der Waals surface area contributed by atoms with Gasteiger partial charge in [-0.25, -0.2) is 10.4 Å². The third kappa shape index (κ3) is 3.95. The van der Waals surface area contributed by atoms with E-state index in [-0.39, 0.29) is 23.5 Å². The van der Waals surface area contributed by atoms with Crippen LogP contribution in [0.4, 0.5) is 0 Å². The molecule has 19 heavy (non-hydrogen) atoms. The van der Waals surface area contributed by atoms with Crippen LogP contribution in [0.1, 0.15) is 25.7 Å². The molecule has 1 aliphatic carbocycles. The van der Waals surface area contributed by atoms with Crippen LogP contribution in [-0.4, -0.2) is 30.7 Å². The summed E-state index contributed by atoms with van der Waals surface area (Å²) in [6.07, 6.45) is 4.13. The monoisotopic (exact) mass is 263 g/mol. The van der Waals surface area contributed by atoms with Gasteiger partial charge in [-0.3, -0.25) is 4.79 Å². The first kappa shape index (κ1) is 15.0. The largest absolute Gasteiger partial charge is 0.388 e. The van der Waals surface area contributed by atoms with Gasteiger partial charge in [0.05, 0.1) is 6.10 Å². The third-order valence-corrected chi connectivity index (χ3v) is 3.16. The molecule has 0 aromatic rings. The molecule has 0 saturated heterocycles. The van der Waals surface area contributed by atoms with E-state index in [1.54, 1.807) is 19.2 Å². The Balaban J connectivity index is 2.67. The fraction of sp³-hybridized carbons (Fsp3) is 0.583. The number of allylic oxidation sites excluding steroid dienone is 2. The highest BCUT2D eigenvalue weighted by Crippen LogP contribution is 2.21. The van der Waals surface area contributed by atoms with E-state index in [4.69, 9.17) is 21.0 Å². The molecular weight excluding hydrogens is 246 g/mol. The van der Waals surface area contributed by atoms with Gasteiger partial charge < -0.3 is 10.5 Å². The van der Waals surface area contributed by atoms with Crippen molar-refractivity contribution >= 4 is 6.41 Å². The van der Waals surface area contributed by atoms with Crippen molar-refractivity contribution in [3.05, 3.63) is 11.4 Å². The highest BCUT2D eigenvalue weighted by Gasteiger charge is 2.23. The molecule has 0 radical (unpaired) electrons. The fourth-order valence-corrected chi connectivity index (χ4v) is 2.07. The molecule has 7 nitrogen and oxygen atoms in total. The summed E-state index contributed by atoms with van der Waals surface area (Å²) in [5, 5.41) is 18.6. The minimum absolute atomic E-state index is 0.0615. The average molecular weight is 263 g/mol. The number of rotatable bonds is 5. The summed E-state index contributed by atoms with van der Waals surface area (Å²) < 4.78 is 5.26. The summed E-state index contributed by atoms with van der Waals surface area (Å²) in [6, 6.07) is 3.47. The zero-order valence-corrected chi connectivity index (χ0v) is 10.8. The minimum Gasteiger partial charge on any atom is -0.388 e. The first-order valence-electron chi connectivity index (χ1n) is 5.99. The van der Waals surface area contributed by atoms with Gasteiger partial charge in [-0.05, 0) is 25.7 Å². The molecule has 1 saturated carbocycles. The molecule has 0 heterocycles. The van der Waals surface area contributed by atoms with Gasteiger partial charge in [-0.2, -0.15) is 10.5 Å². The molecule has 0 aliphatic heterocycles. The molecule has 0 unspecified atom stereocenters. The van der Waals surface area contributed by atoms with Crippen LogP contribution in [0.15, 0.2) is 11.4 Å². The number of nitrogens with two attached hydrogens (primary N) is 1. The van der Waals surface area contributed by atoms with Crippen molar-refractivity contribution in [2.24, 2.45) is 5.73 Å². The van der Waals surface area contributed by atoms with E-state index >= 15 is 0 Å². The van der Waals surface area contributed by atoms with E-state index in [0.717, 1.165) is 30.7 Å². The van der Waals surface area contributed by atoms with Gasteiger partial charge in [0.2, 0.25) is 6.41 Å². The maximum atomic E-state index is 11.0. The molecule has 1 aliphatic rings. The predicted octanol–water partition coefficient (Wildman–Crippen LogP) is 0.124. The number of hydrazine groups is 1. The Hall–Kier alpha value is -2.09. The molecular formula is C12H17N5O2. The second kappa shape index (κ2) is 7.37. The number of nitriles is 2. The highest BCUT2D eigenvalue weighted by atomic mass is 16.5. The average Bonchev–Trinajstić information content (AvgIpc) is 2.47. The van der Waals surface area contributed by atoms with Gasteiger partial charge in [-0.1, -0.05) is 0 Å². The van der Waals surface area contributed by atoms with Crippen molar-refractivity contribution in [3.8, 4) is 12.1 Å². The minimum atomic E-state index is -0.285. The first-order valence-corrected chi connectivity index (χ1v) is 5.99. The molecule has 0 spiro atoms. The lowest BCUT2D eigenvalue weighted by Gasteiger charge is -2.31. The van der Waals surface area contributed by atoms with E-state index < -0.39 is 0 Å². The summed E-state index contributed by atoms with van der Waals surface area (Å²) >= 11 is 0. The lowest BCUT2D eigenvalue weighted by Crippen LogP contribution is -2.46. The van der Waals surface area contributed by atoms with Crippen LogP contribution in [0.5, 0.6) is 0 Å². The summed E-state index contributed by atoms with van der Waals surface area (Å²) in [7, 11) is 1.68. The predicted molar refractivity (Wildman–Crippen MR) is 66.5 cm³/mol. The Kier molecular flexibility index (Phi) is 5.80. The van der Waals surface area contributed by atoms with Crippen molar-refractivity contribution in [1.82, 2.24) is 10.4 Å². The zero-order chi connectivity index (χ0) is 14.3. The van der Waals surface area contributed by atoms with Crippen molar-refractivity contribution in [3.63, 3.8) is 0 Å². The van der Waals surface area contributed by atoms with Crippen molar-refractivity contribution in [1.29, 1.82) is 10.5 Å². The van der Waals surface area contributed by atoms with Gasteiger partial charge in [0.1, 0.15) is 17.8 Å². The standard InChI is InChI=1S/C12H17N5O2/c1-19-10-4-2-9(3-5-10)16-17(8-18)12(7-14)11(15)6-13/h8-10,16H,2-5,15H2,1H3/b12-11-. The van der Waals surface area contributed by atoms with Crippen LogP contribution in [0, 0.1) is 22.7 Å². The smallest absolute Gasteiger partial charge is 0.229 e. The van der Waals surface area contributed by atoms with Crippen LogP contribution in [0.3, 0.4) is 0 Å². The molecule has 0 aromatic carbocycles. The molecule has 1 amide bonds. The molecule has 102 valence electrons. The number of ether oxygens (including phenoxy) is 1. The molecule has 1 fully saturated rings. The number of carbonyl (C=O) groups excluding carboxylic acids is 1. The zero-order valence-electron chi connectivity index (χ0n) is 10.8. The number of nitrogens with one attached hydrogen (secondary N) is 1. The van der Waals surface area contributed by atoms with E-state index in [0.29, 0.717) is 6.41 Å². The number of amides is 1. The van der Waals surface area contributed by atoms with Gasteiger partial charge >= 0.3 is 0 Å². The molecule has 7 heteroatoms. The number of hydrogen-bond donors (Lipinski definition) is 2. The summed E-state index contributed by atoms with van der Waals surface area (Å²) in [5.41, 5.74) is 7.84. The van der Waals surface area contributed by atoms with Crippen LogP contribution in [-0.2, 0) is 9.53 Å².